The summed E-state index contributed by atoms with van der Waals surface area (Å²) >= 11 is 0. The highest BCUT2D eigenvalue weighted by atomic mass is 16.6. The number of esters is 1. The Morgan fingerprint density at radius 1 is 1.32 bits per heavy atom. The molecule has 0 amide bonds. The van der Waals surface area contributed by atoms with Gasteiger partial charge in [0.1, 0.15) is 6.10 Å². The third-order valence-corrected chi connectivity index (χ3v) is 4.75. The summed E-state index contributed by atoms with van der Waals surface area (Å²) < 4.78 is 5.48. The minimum atomic E-state index is -0.620. The fraction of sp³-hybridized carbons (Fsp3) is 0.600. The van der Waals surface area contributed by atoms with Gasteiger partial charge in [-0.25, -0.2) is 0 Å². The molecule has 2 aliphatic carbocycles. The molecular weight excluding hydrogens is 244 g/mol. The standard InChI is InChI=1S/C15H18O4/c1-6-4-10(17)13-8(3)15(18)19-14(13)12-7(2)5-9(16)11(6)12/h5,8,10,12-14,17H,4H2,1-3H3/t8-,10+,12+,13-,14-/m1/s1. The van der Waals surface area contributed by atoms with Crippen LogP contribution in [0.4, 0.5) is 0 Å². The SMILES string of the molecule is CC1=CC(=O)C2=C(C)C[C@H](O)[C@@H]3[C@H](OC(=O)[C@@H]3C)[C@@H]12. The zero-order valence-electron chi connectivity index (χ0n) is 11.3. The summed E-state index contributed by atoms with van der Waals surface area (Å²) in [6.45, 7) is 5.59. The molecule has 0 saturated carbocycles. The van der Waals surface area contributed by atoms with E-state index in [0.717, 1.165) is 16.7 Å². The van der Waals surface area contributed by atoms with Crippen LogP contribution in [0.15, 0.2) is 22.8 Å². The van der Waals surface area contributed by atoms with E-state index in [-0.39, 0.29) is 29.5 Å². The van der Waals surface area contributed by atoms with Crippen molar-refractivity contribution in [2.24, 2.45) is 17.8 Å². The van der Waals surface area contributed by atoms with Crippen molar-refractivity contribution < 1.29 is 19.4 Å². The monoisotopic (exact) mass is 262 g/mol. The lowest BCUT2D eigenvalue weighted by Gasteiger charge is -2.26. The molecule has 0 spiro atoms. The predicted octanol–water partition coefficient (Wildman–Crippen LogP) is 1.39. The molecule has 5 atom stereocenters. The lowest BCUT2D eigenvalue weighted by molar-refractivity contribution is -0.144. The van der Waals surface area contributed by atoms with Crippen molar-refractivity contribution in [3.05, 3.63) is 22.8 Å². The number of carbonyl (C=O) groups is 2. The quantitative estimate of drug-likeness (QED) is 0.670. The van der Waals surface area contributed by atoms with E-state index in [1.807, 2.05) is 13.8 Å². The number of allylic oxidation sites excluding steroid dienone is 1. The number of hydrogen-bond acceptors (Lipinski definition) is 4. The molecule has 3 rings (SSSR count). The van der Waals surface area contributed by atoms with Gasteiger partial charge in [-0.05, 0) is 26.3 Å². The van der Waals surface area contributed by atoms with Crippen LogP contribution in [0.3, 0.4) is 0 Å². The van der Waals surface area contributed by atoms with Crippen molar-refractivity contribution in [2.75, 3.05) is 0 Å². The van der Waals surface area contributed by atoms with Gasteiger partial charge in [0, 0.05) is 17.4 Å². The van der Waals surface area contributed by atoms with Gasteiger partial charge >= 0.3 is 5.97 Å². The molecule has 0 radical (unpaired) electrons. The number of rotatable bonds is 0. The number of hydrogen-bond donors (Lipinski definition) is 1. The van der Waals surface area contributed by atoms with Gasteiger partial charge in [-0.3, -0.25) is 9.59 Å². The highest BCUT2D eigenvalue weighted by Gasteiger charge is 2.53. The molecule has 0 unspecified atom stereocenters. The Morgan fingerprint density at radius 3 is 2.68 bits per heavy atom. The van der Waals surface area contributed by atoms with E-state index in [1.54, 1.807) is 13.0 Å². The molecule has 0 aromatic carbocycles. The van der Waals surface area contributed by atoms with Crippen molar-refractivity contribution in [2.45, 2.75) is 39.4 Å². The molecule has 0 bridgehead atoms. The molecule has 3 aliphatic rings. The van der Waals surface area contributed by atoms with Gasteiger partial charge < -0.3 is 9.84 Å². The summed E-state index contributed by atoms with van der Waals surface area (Å²) in [5.74, 6) is -0.957. The zero-order valence-corrected chi connectivity index (χ0v) is 11.3. The van der Waals surface area contributed by atoms with Crippen LogP contribution in [0.1, 0.15) is 27.2 Å². The van der Waals surface area contributed by atoms with Crippen LogP contribution in [0.25, 0.3) is 0 Å². The summed E-state index contributed by atoms with van der Waals surface area (Å²) in [7, 11) is 0. The first kappa shape index (κ1) is 12.6. The van der Waals surface area contributed by atoms with Crippen LogP contribution in [0.5, 0.6) is 0 Å². The number of ether oxygens (including phenoxy) is 1. The summed E-state index contributed by atoms with van der Waals surface area (Å²) in [6, 6.07) is 0. The molecule has 1 heterocycles. The van der Waals surface area contributed by atoms with Gasteiger partial charge in [0.2, 0.25) is 0 Å². The van der Waals surface area contributed by atoms with Crippen LogP contribution in [-0.4, -0.2) is 29.1 Å². The second kappa shape index (κ2) is 4.04. The van der Waals surface area contributed by atoms with Gasteiger partial charge in [-0.1, -0.05) is 18.1 Å². The van der Waals surface area contributed by atoms with Crippen molar-refractivity contribution in [3.8, 4) is 0 Å². The van der Waals surface area contributed by atoms with Gasteiger partial charge in [0.25, 0.3) is 0 Å². The molecule has 4 nitrogen and oxygen atoms in total. The predicted molar refractivity (Wildman–Crippen MR) is 68.1 cm³/mol. The second-order valence-corrected chi connectivity index (χ2v) is 5.96. The summed E-state index contributed by atoms with van der Waals surface area (Å²) in [5, 5.41) is 10.3. The van der Waals surface area contributed by atoms with Crippen LogP contribution >= 0.6 is 0 Å². The van der Waals surface area contributed by atoms with Crippen molar-refractivity contribution >= 4 is 11.8 Å². The molecule has 1 N–H and O–H groups in total. The molecule has 1 fully saturated rings. The maximum atomic E-state index is 12.1. The molecular formula is C15H18O4. The van der Waals surface area contributed by atoms with E-state index in [2.05, 4.69) is 0 Å². The van der Waals surface area contributed by atoms with Crippen molar-refractivity contribution in [1.82, 2.24) is 0 Å². The highest BCUT2D eigenvalue weighted by Crippen LogP contribution is 2.47. The average Bonchev–Trinajstić information content (AvgIpc) is 2.72. The number of carbonyl (C=O) groups excluding carboxylic acids is 2. The van der Waals surface area contributed by atoms with E-state index >= 15 is 0 Å². The van der Waals surface area contributed by atoms with E-state index in [0.29, 0.717) is 6.42 Å². The fourth-order valence-electron chi connectivity index (χ4n) is 3.82. The average molecular weight is 262 g/mol. The summed E-state index contributed by atoms with van der Waals surface area (Å²) in [6.07, 6.45) is 1.06. The Labute approximate surface area is 112 Å². The minimum Gasteiger partial charge on any atom is -0.461 e. The number of aliphatic hydroxyl groups is 1. The third kappa shape index (κ3) is 1.62. The molecule has 102 valence electrons. The van der Waals surface area contributed by atoms with E-state index < -0.39 is 12.2 Å². The third-order valence-electron chi connectivity index (χ3n) is 4.75. The van der Waals surface area contributed by atoms with Gasteiger partial charge in [0.05, 0.1) is 12.0 Å². The van der Waals surface area contributed by atoms with Crippen molar-refractivity contribution in [1.29, 1.82) is 0 Å². The van der Waals surface area contributed by atoms with Crippen LogP contribution in [0, 0.1) is 17.8 Å². The highest BCUT2D eigenvalue weighted by molar-refractivity contribution is 6.09. The Bertz CT molecular complexity index is 528. The van der Waals surface area contributed by atoms with Crippen LogP contribution < -0.4 is 0 Å². The summed E-state index contributed by atoms with van der Waals surface area (Å²) in [4.78, 5) is 23.9. The Balaban J connectivity index is 2.11. The molecule has 0 aromatic rings. The van der Waals surface area contributed by atoms with E-state index in [4.69, 9.17) is 4.74 Å². The maximum Gasteiger partial charge on any atom is 0.309 e. The molecule has 0 aromatic heterocycles. The Kier molecular flexibility index (Phi) is 2.68. The zero-order chi connectivity index (χ0) is 13.9. The lowest BCUT2D eigenvalue weighted by atomic mass is 9.80. The smallest absolute Gasteiger partial charge is 0.309 e. The topological polar surface area (TPSA) is 63.6 Å². The van der Waals surface area contributed by atoms with Crippen LogP contribution in [-0.2, 0) is 14.3 Å². The summed E-state index contributed by atoms with van der Waals surface area (Å²) in [5.41, 5.74) is 2.59. The number of ketones is 1. The molecule has 19 heavy (non-hydrogen) atoms. The second-order valence-electron chi connectivity index (χ2n) is 5.96. The lowest BCUT2D eigenvalue weighted by Crippen LogP contribution is -2.35. The molecule has 1 aliphatic heterocycles. The first-order chi connectivity index (χ1) is 8.91. The molecule has 1 saturated heterocycles. The van der Waals surface area contributed by atoms with E-state index in [9.17, 15) is 14.7 Å². The van der Waals surface area contributed by atoms with Gasteiger partial charge in [-0.2, -0.15) is 0 Å². The normalized spacial score (nSPS) is 41.7. The number of fused-ring (bicyclic) bond motifs is 3. The van der Waals surface area contributed by atoms with E-state index in [1.165, 1.54) is 0 Å². The van der Waals surface area contributed by atoms with Gasteiger partial charge in [-0.15, -0.1) is 0 Å². The first-order valence-corrected chi connectivity index (χ1v) is 6.72. The largest absolute Gasteiger partial charge is 0.461 e. The maximum absolute atomic E-state index is 12.1. The fourth-order valence-corrected chi connectivity index (χ4v) is 3.82. The Hall–Kier alpha value is -1.42. The number of aliphatic hydroxyl groups excluding tert-OH is 1. The van der Waals surface area contributed by atoms with Crippen molar-refractivity contribution in [3.63, 3.8) is 0 Å². The minimum absolute atomic E-state index is 0.00320. The van der Waals surface area contributed by atoms with Gasteiger partial charge in [0.15, 0.2) is 5.78 Å². The first-order valence-electron chi connectivity index (χ1n) is 6.72. The van der Waals surface area contributed by atoms with Crippen LogP contribution in [0.2, 0.25) is 0 Å². The molecule has 4 heteroatoms. The Morgan fingerprint density at radius 2 is 2.00 bits per heavy atom.